The second-order valence-electron chi connectivity index (χ2n) is 12.8. The van der Waals surface area contributed by atoms with Crippen LogP contribution in [0.5, 0.6) is 0 Å². The van der Waals surface area contributed by atoms with Crippen LogP contribution in [0.15, 0.2) is 36.4 Å². The first-order valence-electron chi connectivity index (χ1n) is 16.4. The van der Waals surface area contributed by atoms with Crippen LogP contribution in [0, 0.1) is 11.8 Å². The van der Waals surface area contributed by atoms with E-state index in [2.05, 4.69) is 20.6 Å². The van der Waals surface area contributed by atoms with Crippen molar-refractivity contribution in [3.63, 3.8) is 0 Å². The molecule has 2 aromatic carbocycles. The van der Waals surface area contributed by atoms with Crippen LogP contribution in [-0.2, 0) is 39.4 Å². The largest absolute Gasteiger partial charge is 0.466 e. The number of hydrogen-bond acceptors (Lipinski definition) is 7. The molecule has 1 aliphatic carbocycles. The lowest BCUT2D eigenvalue weighted by Gasteiger charge is -2.46. The number of nitrogens with one attached hydrogen (secondary N) is 1. The second kappa shape index (κ2) is 14.7. The molecule has 0 spiro atoms. The van der Waals surface area contributed by atoms with Crippen LogP contribution >= 0.6 is 0 Å². The Morgan fingerprint density at radius 2 is 1.51 bits per heavy atom. The first-order valence-corrected chi connectivity index (χ1v) is 16.4. The first kappa shape index (κ1) is 37.9. The van der Waals surface area contributed by atoms with Crippen molar-refractivity contribution in [2.45, 2.75) is 96.0 Å². The molecule has 9 nitrogen and oxygen atoms in total. The Kier molecular flexibility index (Phi) is 10.9. The zero-order chi connectivity index (χ0) is 37.3. The highest BCUT2D eigenvalue weighted by molar-refractivity contribution is 5.97. The van der Waals surface area contributed by atoms with E-state index < -0.39 is 65.3 Å². The Bertz CT molecular complexity index is 1650. The molecule has 51 heavy (non-hydrogen) atoms. The Morgan fingerprint density at radius 1 is 0.882 bits per heavy atom. The van der Waals surface area contributed by atoms with Crippen LogP contribution in [0.4, 0.5) is 51.1 Å². The van der Waals surface area contributed by atoms with Gasteiger partial charge in [-0.05, 0) is 104 Å². The predicted octanol–water partition coefficient (Wildman–Crippen LogP) is 8.28. The summed E-state index contributed by atoms with van der Waals surface area (Å²) < 4.78 is 130. The molecule has 1 saturated carbocycles. The molecule has 1 aromatic heterocycles. The lowest BCUT2D eigenvalue weighted by Crippen LogP contribution is -2.50. The van der Waals surface area contributed by atoms with Crippen LogP contribution in [-0.4, -0.2) is 45.1 Å². The topological polar surface area (TPSA) is 104 Å². The van der Waals surface area contributed by atoms with Gasteiger partial charge in [0.15, 0.2) is 0 Å². The molecule has 278 valence electrons. The summed E-state index contributed by atoms with van der Waals surface area (Å²) in [5, 5.41) is 13.4. The van der Waals surface area contributed by atoms with E-state index in [1.54, 1.807) is 13.8 Å². The SMILES string of the molecule is CCOC(=O)CC1CCC(C(=O)N2c3ccc(C(F)(F)F)cc3[C@@H](N(Cc3cc(C(F)(F)F)cc(C(F)(F)F)c3)c3nn[nH]n3)C[C@H]2CC)CC1. The Hall–Kier alpha value is -4.38. The normalized spacial score (nSPS) is 21.3. The number of ether oxygens (including phenoxy) is 1. The second-order valence-corrected chi connectivity index (χ2v) is 12.8. The number of rotatable bonds is 9. The van der Waals surface area contributed by atoms with Gasteiger partial charge < -0.3 is 14.5 Å². The average molecular weight is 735 g/mol. The number of anilines is 2. The highest BCUT2D eigenvalue weighted by Gasteiger charge is 2.44. The van der Waals surface area contributed by atoms with Gasteiger partial charge in [-0.3, -0.25) is 9.59 Å². The molecule has 2 heterocycles. The maximum absolute atomic E-state index is 14.2. The smallest absolute Gasteiger partial charge is 0.416 e. The van der Waals surface area contributed by atoms with Gasteiger partial charge in [-0.1, -0.05) is 12.0 Å². The fourth-order valence-corrected chi connectivity index (χ4v) is 7.02. The van der Waals surface area contributed by atoms with Crippen molar-refractivity contribution >= 4 is 23.5 Å². The number of carbonyl (C=O) groups is 2. The van der Waals surface area contributed by atoms with E-state index in [0.717, 1.165) is 18.2 Å². The summed E-state index contributed by atoms with van der Waals surface area (Å²) in [5.41, 5.74) is -4.57. The standard InChI is InChI=1S/C33H35F9N6O3/c1-3-24-16-27(47(30-43-45-46-44-30)17-19-11-22(32(37,38)39)14-23(12-19)33(40,41)42)25-15-21(31(34,35)36)9-10-26(25)48(24)29(50)20-7-5-18(6-8-20)13-28(49)51-4-2/h9-12,14-15,18,20,24,27H,3-8,13,16-17H2,1-2H3,(H,43,44,45,46)/t18?,20?,24-,27+/m1/s1. The van der Waals surface area contributed by atoms with Crippen molar-refractivity contribution in [3.8, 4) is 0 Å². The molecule has 0 unspecified atom stereocenters. The van der Waals surface area contributed by atoms with Crippen LogP contribution in [0.2, 0.25) is 0 Å². The zero-order valence-corrected chi connectivity index (χ0v) is 27.5. The van der Waals surface area contributed by atoms with Crippen LogP contribution < -0.4 is 9.80 Å². The number of nitrogens with zero attached hydrogens (tertiary/aromatic N) is 5. The Labute approximate surface area is 286 Å². The monoisotopic (exact) mass is 734 g/mol. The minimum atomic E-state index is -5.14. The minimum absolute atomic E-state index is 0.0136. The van der Waals surface area contributed by atoms with Gasteiger partial charge in [0.25, 0.3) is 5.95 Å². The Morgan fingerprint density at radius 3 is 2.04 bits per heavy atom. The number of hydrogen-bond donors (Lipinski definition) is 1. The summed E-state index contributed by atoms with van der Waals surface area (Å²) in [5.74, 6) is -1.43. The van der Waals surface area contributed by atoms with Crippen molar-refractivity contribution < 1.29 is 53.8 Å². The molecule has 5 rings (SSSR count). The summed E-state index contributed by atoms with van der Waals surface area (Å²) in [6.45, 7) is 3.03. The minimum Gasteiger partial charge on any atom is -0.466 e. The molecule has 2 aliphatic rings. The highest BCUT2D eigenvalue weighted by Crippen LogP contribution is 2.47. The van der Waals surface area contributed by atoms with Crippen LogP contribution in [0.1, 0.15) is 92.7 Å². The molecule has 2 atom stereocenters. The summed E-state index contributed by atoms with van der Waals surface area (Å²) >= 11 is 0. The Balaban J connectivity index is 1.55. The van der Waals surface area contributed by atoms with Crippen LogP contribution in [0.25, 0.3) is 0 Å². The maximum atomic E-state index is 14.2. The van der Waals surface area contributed by atoms with E-state index in [4.69, 9.17) is 4.74 Å². The number of tetrazole rings is 1. The van der Waals surface area contributed by atoms with Gasteiger partial charge in [0.2, 0.25) is 5.91 Å². The molecule has 1 fully saturated rings. The predicted molar refractivity (Wildman–Crippen MR) is 164 cm³/mol. The number of aromatic nitrogens is 4. The van der Waals surface area contributed by atoms with Gasteiger partial charge >= 0.3 is 24.5 Å². The molecule has 18 heteroatoms. The number of benzene rings is 2. The fourth-order valence-electron chi connectivity index (χ4n) is 7.02. The fraction of sp³-hybridized carbons (Fsp3) is 0.545. The number of H-pyrrole nitrogens is 1. The van der Waals surface area contributed by atoms with Gasteiger partial charge in [0.05, 0.1) is 29.3 Å². The van der Waals surface area contributed by atoms with Gasteiger partial charge in [-0.25, -0.2) is 0 Å². The maximum Gasteiger partial charge on any atom is 0.416 e. The molecule has 1 amide bonds. The molecular weight excluding hydrogens is 699 g/mol. The summed E-state index contributed by atoms with van der Waals surface area (Å²) in [4.78, 5) is 28.9. The molecule has 0 saturated heterocycles. The summed E-state index contributed by atoms with van der Waals surface area (Å²) in [7, 11) is 0. The number of esters is 1. The zero-order valence-electron chi connectivity index (χ0n) is 27.5. The van der Waals surface area contributed by atoms with Gasteiger partial charge in [-0.2, -0.15) is 44.7 Å². The van der Waals surface area contributed by atoms with Gasteiger partial charge in [-0.15, -0.1) is 5.10 Å². The van der Waals surface area contributed by atoms with E-state index in [1.165, 1.54) is 9.80 Å². The molecule has 1 aliphatic heterocycles. The number of fused-ring (bicyclic) bond motifs is 1. The third-order valence-electron chi connectivity index (χ3n) is 9.47. The first-order chi connectivity index (χ1) is 23.9. The number of amides is 1. The van der Waals surface area contributed by atoms with Crippen molar-refractivity contribution in [2.75, 3.05) is 16.4 Å². The highest BCUT2D eigenvalue weighted by atomic mass is 19.4. The molecule has 1 N–H and O–H groups in total. The van der Waals surface area contributed by atoms with Gasteiger partial charge in [0, 0.05) is 30.6 Å². The molecular formula is C33H35F9N6O3. The van der Waals surface area contributed by atoms with Crippen molar-refractivity contribution in [1.29, 1.82) is 0 Å². The molecule has 0 bridgehead atoms. The van der Waals surface area contributed by atoms with Crippen molar-refractivity contribution in [1.82, 2.24) is 20.6 Å². The van der Waals surface area contributed by atoms with E-state index in [0.29, 0.717) is 44.2 Å². The quantitative estimate of drug-likeness (QED) is 0.174. The van der Waals surface area contributed by atoms with E-state index in [1.807, 2.05) is 0 Å². The molecule has 3 aromatic rings. The molecule has 0 radical (unpaired) electrons. The number of aromatic amines is 1. The summed E-state index contributed by atoms with van der Waals surface area (Å²) in [6, 6.07) is 2.09. The van der Waals surface area contributed by atoms with Crippen molar-refractivity contribution in [3.05, 3.63) is 64.2 Å². The number of alkyl halides is 9. The summed E-state index contributed by atoms with van der Waals surface area (Å²) in [6.07, 6.45) is -12.7. The van der Waals surface area contributed by atoms with E-state index >= 15 is 0 Å². The third-order valence-corrected chi connectivity index (χ3v) is 9.47. The third kappa shape index (κ3) is 8.57. The number of carbonyl (C=O) groups excluding carboxylic acids is 2. The van der Waals surface area contributed by atoms with Crippen molar-refractivity contribution in [2.24, 2.45) is 11.8 Å². The van der Waals surface area contributed by atoms with Gasteiger partial charge in [0.1, 0.15) is 0 Å². The van der Waals surface area contributed by atoms with Crippen LogP contribution in [0.3, 0.4) is 0 Å². The lowest BCUT2D eigenvalue weighted by atomic mass is 9.79. The number of halogens is 9. The van der Waals surface area contributed by atoms with E-state index in [9.17, 15) is 49.1 Å². The average Bonchev–Trinajstić information content (AvgIpc) is 3.60. The lowest BCUT2D eigenvalue weighted by molar-refractivity contribution is -0.145. The van der Waals surface area contributed by atoms with E-state index in [-0.39, 0.29) is 60.5 Å².